The van der Waals surface area contributed by atoms with Crippen molar-refractivity contribution in [3.8, 4) is 5.75 Å². The number of hydrogen-bond acceptors (Lipinski definition) is 3. The van der Waals surface area contributed by atoms with Crippen LogP contribution < -0.4 is 10.1 Å². The van der Waals surface area contributed by atoms with E-state index in [2.05, 4.69) is 10.4 Å². The monoisotopic (exact) mass is 261 g/mol. The number of rotatable bonds is 4. The summed E-state index contributed by atoms with van der Waals surface area (Å²) in [5.74, 6) is 0.576. The molecule has 0 amide bonds. The fourth-order valence-electron chi connectivity index (χ4n) is 2.44. The normalized spacial score (nSPS) is 17.3. The molecule has 100 valence electrons. The Bertz CT molecular complexity index is 582. The maximum absolute atomic E-state index is 13.1. The van der Waals surface area contributed by atoms with Crippen LogP contribution in [0.1, 0.15) is 11.3 Å². The highest BCUT2D eigenvalue weighted by molar-refractivity contribution is 5.37. The largest absolute Gasteiger partial charge is 0.488 e. The van der Waals surface area contributed by atoms with Crippen molar-refractivity contribution in [2.45, 2.75) is 25.6 Å². The van der Waals surface area contributed by atoms with Crippen molar-refractivity contribution in [2.75, 3.05) is 7.05 Å². The van der Waals surface area contributed by atoms with Crippen molar-refractivity contribution >= 4 is 0 Å². The van der Waals surface area contributed by atoms with Gasteiger partial charge in [0.15, 0.2) is 0 Å². The second kappa shape index (κ2) is 5.01. The summed E-state index contributed by atoms with van der Waals surface area (Å²) in [6.07, 6.45) is 2.53. The molecule has 0 saturated carbocycles. The Kier molecular flexibility index (Phi) is 3.21. The van der Waals surface area contributed by atoms with E-state index in [4.69, 9.17) is 4.74 Å². The average Bonchev–Trinajstić information content (AvgIpc) is 2.97. The van der Waals surface area contributed by atoms with Crippen LogP contribution in [0.2, 0.25) is 0 Å². The first-order chi connectivity index (χ1) is 9.26. The van der Waals surface area contributed by atoms with E-state index in [1.165, 1.54) is 6.07 Å². The summed E-state index contributed by atoms with van der Waals surface area (Å²) in [6.45, 7) is 1.45. The van der Waals surface area contributed by atoms with Gasteiger partial charge in [0.1, 0.15) is 17.7 Å². The third kappa shape index (κ3) is 2.46. The van der Waals surface area contributed by atoms with Crippen molar-refractivity contribution in [2.24, 2.45) is 0 Å². The zero-order chi connectivity index (χ0) is 13.2. The summed E-state index contributed by atoms with van der Waals surface area (Å²) in [6, 6.07) is 6.66. The van der Waals surface area contributed by atoms with E-state index >= 15 is 0 Å². The maximum atomic E-state index is 13.1. The molecule has 1 unspecified atom stereocenters. The summed E-state index contributed by atoms with van der Waals surface area (Å²) in [5.41, 5.74) is 2.06. The minimum Gasteiger partial charge on any atom is -0.488 e. The Hall–Kier alpha value is -1.88. The summed E-state index contributed by atoms with van der Waals surface area (Å²) in [7, 11) is 1.90. The molecule has 0 spiro atoms. The molecule has 1 aliphatic rings. The molecular weight excluding hydrogens is 245 g/mol. The van der Waals surface area contributed by atoms with Gasteiger partial charge in [-0.15, -0.1) is 0 Å². The van der Waals surface area contributed by atoms with Gasteiger partial charge in [-0.05, 0) is 31.3 Å². The zero-order valence-electron chi connectivity index (χ0n) is 10.8. The molecule has 4 nitrogen and oxygen atoms in total. The molecule has 1 N–H and O–H groups in total. The predicted octanol–water partition coefficient (Wildman–Crippen LogP) is 1.75. The molecule has 1 aromatic carbocycles. The molecule has 19 heavy (non-hydrogen) atoms. The third-order valence-electron chi connectivity index (χ3n) is 3.30. The molecule has 0 radical (unpaired) electrons. The Morgan fingerprint density at radius 3 is 3.21 bits per heavy atom. The molecule has 2 aromatic rings. The Labute approximate surface area is 111 Å². The Balaban J connectivity index is 1.71. The van der Waals surface area contributed by atoms with Gasteiger partial charge in [-0.2, -0.15) is 5.10 Å². The van der Waals surface area contributed by atoms with Crippen LogP contribution in [0.4, 0.5) is 4.39 Å². The smallest absolute Gasteiger partial charge is 0.123 e. The first-order valence-electron chi connectivity index (χ1n) is 6.36. The van der Waals surface area contributed by atoms with Crippen molar-refractivity contribution < 1.29 is 9.13 Å². The highest BCUT2D eigenvalue weighted by Gasteiger charge is 2.24. The fourth-order valence-corrected chi connectivity index (χ4v) is 2.44. The third-order valence-corrected chi connectivity index (χ3v) is 3.30. The van der Waals surface area contributed by atoms with Gasteiger partial charge in [0.05, 0.1) is 12.2 Å². The molecule has 0 bridgehead atoms. The first kappa shape index (κ1) is 12.2. The second-order valence-electron chi connectivity index (χ2n) is 4.73. The van der Waals surface area contributed by atoms with Crippen molar-refractivity contribution in [3.05, 3.63) is 47.5 Å². The molecule has 2 heterocycles. The maximum Gasteiger partial charge on any atom is 0.123 e. The zero-order valence-corrected chi connectivity index (χ0v) is 10.8. The summed E-state index contributed by atoms with van der Waals surface area (Å²) in [4.78, 5) is 0. The van der Waals surface area contributed by atoms with Crippen LogP contribution in [-0.4, -0.2) is 22.9 Å². The number of ether oxygens (including phenoxy) is 1. The molecule has 3 rings (SSSR count). The molecule has 0 saturated heterocycles. The van der Waals surface area contributed by atoms with Crippen molar-refractivity contribution in [1.29, 1.82) is 0 Å². The number of hydrogen-bond donors (Lipinski definition) is 1. The standard InChI is InChI=1S/C14H16FN3O/c1-16-8-12-4-5-17-18(12)9-13-7-10-6-11(15)2-3-14(10)19-13/h2-6,13,16H,7-9H2,1H3. The molecule has 1 atom stereocenters. The van der Waals surface area contributed by atoms with E-state index in [0.29, 0.717) is 6.54 Å². The first-order valence-corrected chi connectivity index (χ1v) is 6.36. The lowest BCUT2D eigenvalue weighted by Crippen LogP contribution is -2.24. The van der Waals surface area contributed by atoms with Crippen LogP contribution in [0, 0.1) is 5.82 Å². The van der Waals surface area contributed by atoms with E-state index < -0.39 is 0 Å². The van der Waals surface area contributed by atoms with E-state index in [-0.39, 0.29) is 11.9 Å². The van der Waals surface area contributed by atoms with Crippen LogP contribution in [0.3, 0.4) is 0 Å². The second-order valence-corrected chi connectivity index (χ2v) is 4.73. The van der Waals surface area contributed by atoms with Gasteiger partial charge >= 0.3 is 0 Å². The topological polar surface area (TPSA) is 39.1 Å². The summed E-state index contributed by atoms with van der Waals surface area (Å²) in [5, 5.41) is 7.41. The molecule has 1 aliphatic heterocycles. The van der Waals surface area contributed by atoms with E-state index in [1.807, 2.05) is 17.8 Å². The van der Waals surface area contributed by atoms with Gasteiger partial charge in [-0.25, -0.2) is 4.39 Å². The van der Waals surface area contributed by atoms with Crippen LogP contribution in [0.25, 0.3) is 0 Å². The van der Waals surface area contributed by atoms with Crippen molar-refractivity contribution in [1.82, 2.24) is 15.1 Å². The molecule has 1 aromatic heterocycles. The molecule has 0 aliphatic carbocycles. The van der Waals surface area contributed by atoms with Crippen LogP contribution in [0.5, 0.6) is 5.75 Å². The Morgan fingerprint density at radius 1 is 1.47 bits per heavy atom. The average molecular weight is 261 g/mol. The lowest BCUT2D eigenvalue weighted by atomic mass is 10.1. The number of aromatic nitrogens is 2. The van der Waals surface area contributed by atoms with Gasteiger partial charge in [-0.3, -0.25) is 4.68 Å². The van der Waals surface area contributed by atoms with Gasteiger partial charge in [0.25, 0.3) is 0 Å². The number of nitrogens with one attached hydrogen (secondary N) is 1. The van der Waals surface area contributed by atoms with Crippen LogP contribution in [0.15, 0.2) is 30.5 Å². The highest BCUT2D eigenvalue weighted by atomic mass is 19.1. The predicted molar refractivity (Wildman–Crippen MR) is 69.5 cm³/mol. The quantitative estimate of drug-likeness (QED) is 0.911. The van der Waals surface area contributed by atoms with E-state index in [0.717, 1.165) is 30.0 Å². The molecule has 5 heteroatoms. The summed E-state index contributed by atoms with van der Waals surface area (Å²) < 4.78 is 20.9. The number of halogens is 1. The number of fused-ring (bicyclic) bond motifs is 1. The van der Waals surface area contributed by atoms with Gasteiger partial charge in [0, 0.05) is 24.7 Å². The highest BCUT2D eigenvalue weighted by Crippen LogP contribution is 2.29. The van der Waals surface area contributed by atoms with Gasteiger partial charge in [0.2, 0.25) is 0 Å². The minimum absolute atomic E-state index is 0.0207. The minimum atomic E-state index is -0.210. The van der Waals surface area contributed by atoms with Crippen molar-refractivity contribution in [3.63, 3.8) is 0 Å². The van der Waals surface area contributed by atoms with E-state index in [1.54, 1.807) is 18.3 Å². The van der Waals surface area contributed by atoms with E-state index in [9.17, 15) is 4.39 Å². The van der Waals surface area contributed by atoms with Gasteiger partial charge in [-0.1, -0.05) is 0 Å². The lowest BCUT2D eigenvalue weighted by molar-refractivity contribution is 0.201. The Morgan fingerprint density at radius 2 is 2.37 bits per heavy atom. The lowest BCUT2D eigenvalue weighted by Gasteiger charge is -2.13. The fraction of sp³-hybridized carbons (Fsp3) is 0.357. The number of nitrogens with zero attached hydrogens (tertiary/aromatic N) is 2. The summed E-state index contributed by atoms with van der Waals surface area (Å²) >= 11 is 0. The molecular formula is C14H16FN3O. The number of benzene rings is 1. The van der Waals surface area contributed by atoms with Gasteiger partial charge < -0.3 is 10.1 Å². The van der Waals surface area contributed by atoms with Crippen LogP contribution >= 0.6 is 0 Å². The SMILES string of the molecule is CNCc1ccnn1CC1Cc2cc(F)ccc2O1. The molecule has 0 fully saturated rings. The van der Waals surface area contributed by atoms with Crippen LogP contribution in [-0.2, 0) is 19.5 Å².